The topological polar surface area (TPSA) is 75.2 Å². The van der Waals surface area contributed by atoms with E-state index in [1.165, 1.54) is 24.3 Å². The predicted molar refractivity (Wildman–Crippen MR) is 69.2 cm³/mol. The van der Waals surface area contributed by atoms with Crippen LogP contribution in [-0.4, -0.2) is 21.0 Å². The number of H-pyrrole nitrogens is 1. The highest BCUT2D eigenvalue weighted by atomic mass is 16.5. The molecular weight excluding hydrogens is 244 g/mol. The van der Waals surface area contributed by atoms with E-state index in [1.807, 2.05) is 0 Å². The second-order valence-corrected chi connectivity index (χ2v) is 4.02. The van der Waals surface area contributed by atoms with Crippen LogP contribution >= 0.6 is 0 Å². The minimum Gasteiger partial charge on any atom is -0.508 e. The zero-order chi connectivity index (χ0) is 13.2. The van der Waals surface area contributed by atoms with Crippen molar-refractivity contribution in [2.75, 3.05) is 0 Å². The maximum Gasteiger partial charge on any atom is 0.343 e. The second kappa shape index (κ2) is 4.45. The normalized spacial score (nSPS) is 10.5. The average Bonchev–Trinajstić information content (AvgIpc) is 2.88. The van der Waals surface area contributed by atoms with Crippen LogP contribution in [0.4, 0.5) is 0 Å². The van der Waals surface area contributed by atoms with Gasteiger partial charge in [0.2, 0.25) is 0 Å². The number of phenols is 1. The van der Waals surface area contributed by atoms with Gasteiger partial charge in [-0.15, -0.1) is 0 Å². The van der Waals surface area contributed by atoms with Crippen LogP contribution in [0.5, 0.6) is 11.5 Å². The molecule has 94 valence electrons. The largest absolute Gasteiger partial charge is 0.508 e. The van der Waals surface area contributed by atoms with Gasteiger partial charge in [-0.1, -0.05) is 0 Å². The number of nitrogens with one attached hydrogen (secondary N) is 1. The third-order valence-electron chi connectivity index (χ3n) is 2.70. The van der Waals surface area contributed by atoms with Crippen LogP contribution < -0.4 is 4.74 Å². The molecule has 2 N–H and O–H groups in total. The molecule has 5 heteroatoms. The van der Waals surface area contributed by atoms with E-state index < -0.39 is 5.97 Å². The first-order valence-corrected chi connectivity index (χ1v) is 5.67. The van der Waals surface area contributed by atoms with E-state index in [-0.39, 0.29) is 5.75 Å². The Labute approximate surface area is 108 Å². The molecule has 0 spiro atoms. The monoisotopic (exact) mass is 254 g/mol. The first-order chi connectivity index (χ1) is 9.22. The number of phenolic OH excluding ortho intramolecular Hbond substituents is 1. The number of aromatic amines is 1. The molecule has 5 nitrogen and oxygen atoms in total. The molecule has 0 bridgehead atoms. The molecule has 0 aliphatic heterocycles. The Kier molecular flexibility index (Phi) is 2.64. The average molecular weight is 254 g/mol. The smallest absolute Gasteiger partial charge is 0.343 e. The van der Waals surface area contributed by atoms with Crippen LogP contribution in [0.2, 0.25) is 0 Å². The van der Waals surface area contributed by atoms with Crippen LogP contribution in [0.3, 0.4) is 0 Å². The quantitative estimate of drug-likeness (QED) is 0.544. The van der Waals surface area contributed by atoms with Gasteiger partial charge in [0.05, 0.1) is 22.9 Å². The van der Waals surface area contributed by atoms with E-state index in [0.717, 1.165) is 5.52 Å². The van der Waals surface area contributed by atoms with E-state index in [1.54, 1.807) is 24.5 Å². The number of benzene rings is 2. The number of aromatic nitrogens is 2. The molecule has 3 aromatic rings. The molecule has 0 fully saturated rings. The number of esters is 1. The fourth-order valence-corrected chi connectivity index (χ4v) is 1.74. The van der Waals surface area contributed by atoms with E-state index in [0.29, 0.717) is 16.8 Å². The van der Waals surface area contributed by atoms with Gasteiger partial charge in [0.15, 0.2) is 0 Å². The third-order valence-corrected chi connectivity index (χ3v) is 2.70. The molecule has 1 heterocycles. The highest BCUT2D eigenvalue weighted by Crippen LogP contribution is 2.18. The molecule has 2 aromatic carbocycles. The Hall–Kier alpha value is -2.82. The summed E-state index contributed by atoms with van der Waals surface area (Å²) in [6, 6.07) is 11.1. The number of imidazole rings is 1. The lowest BCUT2D eigenvalue weighted by molar-refractivity contribution is 0.0734. The molecule has 0 amide bonds. The number of carbonyl (C=O) groups is 1. The zero-order valence-corrected chi connectivity index (χ0v) is 9.83. The summed E-state index contributed by atoms with van der Waals surface area (Å²) in [7, 11) is 0. The molecule has 0 unspecified atom stereocenters. The first-order valence-electron chi connectivity index (χ1n) is 5.67. The standard InChI is InChI=1S/C14H10N2O3/c17-10-2-4-11(5-3-10)19-14(18)9-1-6-12-13(7-9)16-8-15-12/h1-8,17H,(H,15,16). The molecule has 0 saturated heterocycles. The molecule has 1 aromatic heterocycles. The van der Waals surface area contributed by atoms with Crippen molar-refractivity contribution in [2.24, 2.45) is 0 Å². The number of hydrogen-bond donors (Lipinski definition) is 2. The zero-order valence-electron chi connectivity index (χ0n) is 9.83. The number of aromatic hydroxyl groups is 1. The second-order valence-electron chi connectivity index (χ2n) is 4.02. The van der Waals surface area contributed by atoms with Crippen LogP contribution in [0.15, 0.2) is 48.8 Å². The van der Waals surface area contributed by atoms with Crippen molar-refractivity contribution >= 4 is 17.0 Å². The molecule has 19 heavy (non-hydrogen) atoms. The summed E-state index contributed by atoms with van der Waals surface area (Å²) in [5.41, 5.74) is 1.99. The number of nitrogens with zero attached hydrogens (tertiary/aromatic N) is 1. The Morgan fingerprint density at radius 2 is 1.95 bits per heavy atom. The summed E-state index contributed by atoms with van der Waals surface area (Å²) < 4.78 is 5.19. The van der Waals surface area contributed by atoms with E-state index in [9.17, 15) is 4.79 Å². The number of rotatable bonds is 2. The van der Waals surface area contributed by atoms with Gasteiger partial charge < -0.3 is 14.8 Å². The predicted octanol–water partition coefficient (Wildman–Crippen LogP) is 2.49. The Balaban J connectivity index is 1.84. The lowest BCUT2D eigenvalue weighted by atomic mass is 10.2. The SMILES string of the molecule is O=C(Oc1ccc(O)cc1)c1ccc2[nH]cnc2c1. The summed E-state index contributed by atoms with van der Waals surface area (Å²) in [5, 5.41) is 9.15. The molecule has 0 aliphatic rings. The van der Waals surface area contributed by atoms with Gasteiger partial charge in [-0.25, -0.2) is 9.78 Å². The Morgan fingerprint density at radius 1 is 1.16 bits per heavy atom. The molecule has 0 atom stereocenters. The van der Waals surface area contributed by atoms with Crippen LogP contribution in [0, 0.1) is 0 Å². The fraction of sp³-hybridized carbons (Fsp3) is 0. The van der Waals surface area contributed by atoms with Gasteiger partial charge in [-0.05, 0) is 42.5 Å². The van der Waals surface area contributed by atoms with Crippen molar-refractivity contribution in [1.82, 2.24) is 9.97 Å². The maximum absolute atomic E-state index is 11.9. The van der Waals surface area contributed by atoms with Crippen molar-refractivity contribution < 1.29 is 14.6 Å². The lowest BCUT2D eigenvalue weighted by Crippen LogP contribution is -2.08. The van der Waals surface area contributed by atoms with Gasteiger partial charge in [0, 0.05) is 0 Å². The fourth-order valence-electron chi connectivity index (χ4n) is 1.74. The van der Waals surface area contributed by atoms with Gasteiger partial charge in [-0.2, -0.15) is 0 Å². The third kappa shape index (κ3) is 2.26. The highest BCUT2D eigenvalue weighted by molar-refractivity contribution is 5.94. The van der Waals surface area contributed by atoms with Crippen LogP contribution in [-0.2, 0) is 0 Å². The van der Waals surface area contributed by atoms with Crippen molar-refractivity contribution in [1.29, 1.82) is 0 Å². The van der Waals surface area contributed by atoms with E-state index >= 15 is 0 Å². The molecule has 3 rings (SSSR count). The van der Waals surface area contributed by atoms with Crippen molar-refractivity contribution in [3.8, 4) is 11.5 Å². The van der Waals surface area contributed by atoms with Crippen LogP contribution in [0.1, 0.15) is 10.4 Å². The first kappa shape index (κ1) is 11.3. The molecule has 0 radical (unpaired) electrons. The van der Waals surface area contributed by atoms with E-state index in [2.05, 4.69) is 9.97 Å². The summed E-state index contributed by atoms with van der Waals surface area (Å²) in [6.45, 7) is 0. The van der Waals surface area contributed by atoms with Gasteiger partial charge in [0.25, 0.3) is 0 Å². The summed E-state index contributed by atoms with van der Waals surface area (Å²) in [5.74, 6) is 0.0401. The number of fused-ring (bicyclic) bond motifs is 1. The van der Waals surface area contributed by atoms with Crippen molar-refractivity contribution in [2.45, 2.75) is 0 Å². The van der Waals surface area contributed by atoms with E-state index in [4.69, 9.17) is 9.84 Å². The Morgan fingerprint density at radius 3 is 2.74 bits per heavy atom. The number of carbonyl (C=O) groups excluding carboxylic acids is 1. The molecular formula is C14H10N2O3. The van der Waals surface area contributed by atoms with Crippen molar-refractivity contribution in [3.05, 3.63) is 54.4 Å². The lowest BCUT2D eigenvalue weighted by Gasteiger charge is -2.04. The van der Waals surface area contributed by atoms with Gasteiger partial charge >= 0.3 is 5.97 Å². The van der Waals surface area contributed by atoms with Gasteiger partial charge in [-0.3, -0.25) is 0 Å². The number of hydrogen-bond acceptors (Lipinski definition) is 4. The summed E-state index contributed by atoms with van der Waals surface area (Å²) in [6.07, 6.45) is 1.57. The summed E-state index contributed by atoms with van der Waals surface area (Å²) in [4.78, 5) is 19.0. The molecule has 0 saturated carbocycles. The maximum atomic E-state index is 11.9. The Bertz CT molecular complexity index is 732. The minimum atomic E-state index is -0.462. The number of ether oxygens (including phenoxy) is 1. The van der Waals surface area contributed by atoms with Crippen LogP contribution in [0.25, 0.3) is 11.0 Å². The summed E-state index contributed by atoms with van der Waals surface area (Å²) >= 11 is 0. The van der Waals surface area contributed by atoms with Gasteiger partial charge in [0.1, 0.15) is 11.5 Å². The highest BCUT2D eigenvalue weighted by Gasteiger charge is 2.10. The molecule has 0 aliphatic carbocycles. The minimum absolute atomic E-state index is 0.123. The van der Waals surface area contributed by atoms with Crippen molar-refractivity contribution in [3.63, 3.8) is 0 Å².